The lowest BCUT2D eigenvalue weighted by atomic mass is 10.1. The van der Waals surface area contributed by atoms with E-state index in [9.17, 15) is 0 Å². The van der Waals surface area contributed by atoms with Crippen LogP contribution >= 0.6 is 0 Å². The Kier molecular flexibility index (Phi) is 5.32. The summed E-state index contributed by atoms with van der Waals surface area (Å²) in [5.74, 6) is 2.07. The number of nitrogens with one attached hydrogen (secondary N) is 1. The summed E-state index contributed by atoms with van der Waals surface area (Å²) >= 11 is 0. The van der Waals surface area contributed by atoms with Crippen molar-refractivity contribution in [2.45, 2.75) is 46.6 Å². The molecule has 0 saturated heterocycles. The van der Waals surface area contributed by atoms with E-state index < -0.39 is 0 Å². The maximum Gasteiger partial charge on any atom is 0.230 e. The van der Waals surface area contributed by atoms with E-state index in [4.69, 9.17) is 4.42 Å². The Hall–Kier alpha value is -0.900. The second-order valence-electron chi connectivity index (χ2n) is 3.98. The molecule has 0 radical (unpaired) electrons. The monoisotopic (exact) mass is 211 g/mol. The highest BCUT2D eigenvalue weighted by Crippen LogP contribution is 2.10. The van der Waals surface area contributed by atoms with E-state index in [2.05, 4.69) is 36.3 Å². The third-order valence-corrected chi connectivity index (χ3v) is 2.43. The fourth-order valence-electron chi connectivity index (χ4n) is 1.26. The number of aromatic nitrogens is 2. The summed E-state index contributed by atoms with van der Waals surface area (Å²) in [5, 5.41) is 11.3. The van der Waals surface area contributed by atoms with Gasteiger partial charge in [-0.15, -0.1) is 10.2 Å². The van der Waals surface area contributed by atoms with Crippen LogP contribution in [0.2, 0.25) is 0 Å². The molecule has 0 bridgehead atoms. The summed E-state index contributed by atoms with van der Waals surface area (Å²) in [5.41, 5.74) is 0. The fraction of sp³-hybridized carbons (Fsp3) is 0.818. The smallest absolute Gasteiger partial charge is 0.230 e. The van der Waals surface area contributed by atoms with Crippen LogP contribution in [0.25, 0.3) is 0 Å². The Morgan fingerprint density at radius 2 is 2.00 bits per heavy atom. The van der Waals surface area contributed by atoms with E-state index >= 15 is 0 Å². The predicted octanol–water partition coefficient (Wildman–Crippen LogP) is 2.16. The van der Waals surface area contributed by atoms with Gasteiger partial charge in [-0.1, -0.05) is 27.2 Å². The summed E-state index contributed by atoms with van der Waals surface area (Å²) in [4.78, 5) is 0. The highest BCUT2D eigenvalue weighted by Gasteiger charge is 2.08. The first-order chi connectivity index (χ1) is 7.26. The summed E-state index contributed by atoms with van der Waals surface area (Å²) < 4.78 is 5.52. The van der Waals surface area contributed by atoms with Crippen LogP contribution in [0.5, 0.6) is 0 Å². The van der Waals surface area contributed by atoms with E-state index in [1.54, 1.807) is 0 Å². The number of nitrogens with zero attached hydrogens (tertiary/aromatic N) is 2. The van der Waals surface area contributed by atoms with Gasteiger partial charge in [0, 0.05) is 6.42 Å². The molecule has 4 nitrogen and oxygen atoms in total. The molecule has 0 spiro atoms. The molecule has 1 heterocycles. The molecule has 0 amide bonds. The molecule has 1 aromatic heterocycles. The molecule has 1 aromatic rings. The Morgan fingerprint density at radius 3 is 2.67 bits per heavy atom. The second kappa shape index (κ2) is 6.56. The summed E-state index contributed by atoms with van der Waals surface area (Å²) in [6, 6.07) is 0. The maximum atomic E-state index is 5.52. The summed E-state index contributed by atoms with van der Waals surface area (Å²) in [6.07, 6.45) is 3.15. The van der Waals surface area contributed by atoms with E-state index in [0.717, 1.165) is 31.7 Å². The van der Waals surface area contributed by atoms with Crippen molar-refractivity contribution in [1.82, 2.24) is 15.5 Å². The Morgan fingerprint density at radius 1 is 1.27 bits per heavy atom. The molecule has 0 aliphatic heterocycles. The molecule has 4 heteroatoms. The van der Waals surface area contributed by atoms with E-state index in [1.807, 2.05) is 0 Å². The molecule has 1 unspecified atom stereocenters. The van der Waals surface area contributed by atoms with Gasteiger partial charge in [0.25, 0.3) is 0 Å². The molecule has 0 aliphatic carbocycles. The van der Waals surface area contributed by atoms with Crippen LogP contribution in [0.15, 0.2) is 4.42 Å². The number of hydrogen-bond donors (Lipinski definition) is 1. The third kappa shape index (κ3) is 4.42. The van der Waals surface area contributed by atoms with Gasteiger partial charge >= 0.3 is 0 Å². The van der Waals surface area contributed by atoms with Crippen molar-refractivity contribution < 1.29 is 4.42 Å². The van der Waals surface area contributed by atoms with Crippen LogP contribution in [-0.2, 0) is 13.0 Å². The lowest BCUT2D eigenvalue weighted by Gasteiger charge is -2.02. The van der Waals surface area contributed by atoms with Crippen LogP contribution in [0, 0.1) is 5.92 Å². The molecule has 15 heavy (non-hydrogen) atoms. The zero-order valence-corrected chi connectivity index (χ0v) is 9.92. The molecule has 1 atom stereocenters. The molecule has 1 N–H and O–H groups in total. The first-order valence-corrected chi connectivity index (χ1v) is 5.78. The standard InChI is InChI=1S/C11H21N3O/c1-4-6-12-8-11-14-13-10(15-11)7-9(3)5-2/h9,12H,4-8H2,1-3H3. The van der Waals surface area contributed by atoms with Crippen molar-refractivity contribution in [3.63, 3.8) is 0 Å². The average molecular weight is 211 g/mol. The van der Waals surface area contributed by atoms with Crippen molar-refractivity contribution in [3.8, 4) is 0 Å². The third-order valence-electron chi connectivity index (χ3n) is 2.43. The average Bonchev–Trinajstić information content (AvgIpc) is 2.66. The van der Waals surface area contributed by atoms with E-state index in [1.165, 1.54) is 0 Å². The topological polar surface area (TPSA) is 51.0 Å². The first-order valence-electron chi connectivity index (χ1n) is 5.78. The zero-order chi connectivity index (χ0) is 11.1. The minimum atomic E-state index is 0.613. The van der Waals surface area contributed by atoms with Crippen LogP contribution in [0.3, 0.4) is 0 Å². The highest BCUT2D eigenvalue weighted by atomic mass is 16.4. The first kappa shape index (κ1) is 12.2. The molecule has 0 fully saturated rings. The van der Waals surface area contributed by atoms with Gasteiger partial charge in [-0.25, -0.2) is 0 Å². The van der Waals surface area contributed by atoms with Gasteiger partial charge in [-0.3, -0.25) is 0 Å². The zero-order valence-electron chi connectivity index (χ0n) is 9.92. The Bertz CT molecular complexity index is 273. The van der Waals surface area contributed by atoms with Crippen molar-refractivity contribution in [2.24, 2.45) is 5.92 Å². The second-order valence-corrected chi connectivity index (χ2v) is 3.98. The fourth-order valence-corrected chi connectivity index (χ4v) is 1.26. The van der Waals surface area contributed by atoms with Gasteiger partial charge < -0.3 is 9.73 Å². The van der Waals surface area contributed by atoms with Crippen molar-refractivity contribution in [1.29, 1.82) is 0 Å². The predicted molar refractivity (Wildman–Crippen MR) is 59.5 cm³/mol. The van der Waals surface area contributed by atoms with Gasteiger partial charge in [0.1, 0.15) is 0 Å². The molecular weight excluding hydrogens is 190 g/mol. The van der Waals surface area contributed by atoms with Crippen molar-refractivity contribution >= 4 is 0 Å². The Balaban J connectivity index is 2.35. The quantitative estimate of drug-likeness (QED) is 0.702. The van der Waals surface area contributed by atoms with Crippen LogP contribution in [0.4, 0.5) is 0 Å². The molecular formula is C11H21N3O. The molecule has 0 saturated carbocycles. The van der Waals surface area contributed by atoms with Gasteiger partial charge in [0.05, 0.1) is 6.54 Å². The summed E-state index contributed by atoms with van der Waals surface area (Å²) in [7, 11) is 0. The lowest BCUT2D eigenvalue weighted by molar-refractivity contribution is 0.402. The van der Waals surface area contributed by atoms with Crippen molar-refractivity contribution in [3.05, 3.63) is 11.8 Å². The molecule has 1 rings (SSSR count). The largest absolute Gasteiger partial charge is 0.424 e. The highest BCUT2D eigenvalue weighted by molar-refractivity contribution is 4.83. The molecule has 0 aliphatic rings. The normalized spacial score (nSPS) is 13.0. The van der Waals surface area contributed by atoms with Gasteiger partial charge in [0.2, 0.25) is 11.8 Å². The van der Waals surface area contributed by atoms with Crippen LogP contribution in [0.1, 0.15) is 45.4 Å². The van der Waals surface area contributed by atoms with Crippen LogP contribution < -0.4 is 5.32 Å². The lowest BCUT2D eigenvalue weighted by Crippen LogP contribution is -2.13. The molecule has 86 valence electrons. The van der Waals surface area contributed by atoms with Gasteiger partial charge in [0.15, 0.2) is 0 Å². The SMILES string of the molecule is CCCNCc1nnc(CC(C)CC)o1. The minimum absolute atomic E-state index is 0.613. The minimum Gasteiger partial charge on any atom is -0.424 e. The number of rotatable bonds is 7. The van der Waals surface area contributed by atoms with E-state index in [0.29, 0.717) is 18.4 Å². The number of hydrogen-bond acceptors (Lipinski definition) is 4. The Labute approximate surface area is 91.5 Å². The van der Waals surface area contributed by atoms with Crippen LogP contribution in [-0.4, -0.2) is 16.7 Å². The van der Waals surface area contributed by atoms with Crippen molar-refractivity contribution in [2.75, 3.05) is 6.54 Å². The summed E-state index contributed by atoms with van der Waals surface area (Å²) in [6.45, 7) is 8.17. The van der Waals surface area contributed by atoms with Gasteiger partial charge in [-0.05, 0) is 18.9 Å². The van der Waals surface area contributed by atoms with E-state index in [-0.39, 0.29) is 0 Å². The molecule has 0 aromatic carbocycles. The van der Waals surface area contributed by atoms with Gasteiger partial charge in [-0.2, -0.15) is 0 Å². The maximum absolute atomic E-state index is 5.52.